The van der Waals surface area contributed by atoms with Crippen LogP contribution in [0.25, 0.3) is 10.8 Å². The van der Waals surface area contributed by atoms with Crippen LogP contribution in [-0.4, -0.2) is 64.4 Å². The van der Waals surface area contributed by atoms with Crippen molar-refractivity contribution in [1.29, 1.82) is 0 Å². The number of halogens is 1. The van der Waals surface area contributed by atoms with Gasteiger partial charge in [0.2, 0.25) is 0 Å². The molecule has 0 radical (unpaired) electrons. The van der Waals surface area contributed by atoms with Crippen LogP contribution in [0.1, 0.15) is 45.8 Å². The first kappa shape index (κ1) is 31.6. The highest BCUT2D eigenvalue weighted by molar-refractivity contribution is 7.52. The molecular weight excluding hydrogens is 608 g/mol. The Balaban J connectivity index is 1.29. The molecule has 45 heavy (non-hydrogen) atoms. The lowest BCUT2D eigenvalue weighted by molar-refractivity contribution is -0.145. The molecule has 1 saturated carbocycles. The largest absolute Gasteiger partial charge is 0.490 e. The van der Waals surface area contributed by atoms with Gasteiger partial charge in [0.15, 0.2) is 17.6 Å². The number of esters is 1. The highest BCUT2D eigenvalue weighted by Crippen LogP contribution is 2.49. The molecule has 1 aliphatic carbocycles. The Morgan fingerprint density at radius 3 is 2.76 bits per heavy atom. The zero-order chi connectivity index (χ0) is 31.8. The first-order valence-electron chi connectivity index (χ1n) is 15.1. The van der Waals surface area contributed by atoms with E-state index in [1.165, 1.54) is 19.3 Å². The average molecular weight is 646 g/mol. The number of carbonyl (C=O) groups excluding carboxylic acids is 1. The number of hydrogen-bond acceptors (Lipinski definition) is 10. The second-order valence-corrected chi connectivity index (χ2v) is 13.7. The minimum absolute atomic E-state index is 0.194. The van der Waals surface area contributed by atoms with E-state index in [1.807, 2.05) is 18.2 Å². The fourth-order valence-electron chi connectivity index (χ4n) is 5.84. The lowest BCUT2D eigenvalue weighted by Gasteiger charge is -2.25. The van der Waals surface area contributed by atoms with Gasteiger partial charge in [0.25, 0.3) is 0 Å². The van der Waals surface area contributed by atoms with E-state index in [2.05, 4.69) is 10.1 Å². The summed E-state index contributed by atoms with van der Waals surface area (Å²) >= 11 is 0. The molecule has 0 spiro atoms. The number of aliphatic hydroxyl groups is 1. The third-order valence-electron chi connectivity index (χ3n) is 8.59. The Hall–Kier alpha value is -3.35. The first-order valence-corrected chi connectivity index (χ1v) is 16.7. The monoisotopic (exact) mass is 645 g/mol. The van der Waals surface area contributed by atoms with Crippen molar-refractivity contribution in [2.24, 2.45) is 11.8 Å². The molecule has 12 nitrogen and oxygen atoms in total. The van der Waals surface area contributed by atoms with Crippen LogP contribution in [0.3, 0.4) is 0 Å². The number of alkyl halides is 1. The van der Waals surface area contributed by atoms with Crippen LogP contribution in [-0.2, 0) is 23.4 Å². The van der Waals surface area contributed by atoms with E-state index in [0.717, 1.165) is 36.1 Å². The van der Waals surface area contributed by atoms with Gasteiger partial charge in [-0.15, -0.1) is 0 Å². The van der Waals surface area contributed by atoms with Gasteiger partial charge in [-0.1, -0.05) is 36.4 Å². The van der Waals surface area contributed by atoms with Gasteiger partial charge in [-0.05, 0) is 62.8 Å². The number of benzene rings is 2. The van der Waals surface area contributed by atoms with E-state index in [0.29, 0.717) is 30.2 Å². The van der Waals surface area contributed by atoms with Crippen molar-refractivity contribution < 1.29 is 42.1 Å². The molecule has 2 aliphatic heterocycles. The van der Waals surface area contributed by atoms with Gasteiger partial charge < -0.3 is 23.8 Å². The summed E-state index contributed by atoms with van der Waals surface area (Å²) < 4.78 is 60.0. The standard InChI is InChI=1S/C31H37FN3O9P/c1-19-28(37)40-13-6-5-9-21-14-22(21)17-41-23-15-33-30(38)35(16-23)29-31(2,32)27(36)26(43-29)18-42-45(39,34-19)44-25-12-7-10-20-8-3-4-11-24(20)25/h3-4,7-8,10-12,15-16,19,21-22,26-27,29,36H,5-6,9,13-14,17-18H2,1-2H3,(H,34,39)/t19-,21?,22?,26-,27-,29-,31-,45?/m1/s1. The number of fused-ring (bicyclic) bond motifs is 7. The average Bonchev–Trinajstić information content (AvgIpc) is 3.73. The van der Waals surface area contributed by atoms with Gasteiger partial charge in [0.1, 0.15) is 24.0 Å². The van der Waals surface area contributed by atoms with Crippen LogP contribution in [0.2, 0.25) is 0 Å². The van der Waals surface area contributed by atoms with Crippen molar-refractivity contribution in [2.45, 2.75) is 69.7 Å². The number of aromatic nitrogens is 2. The Morgan fingerprint density at radius 2 is 1.91 bits per heavy atom. The van der Waals surface area contributed by atoms with E-state index in [4.69, 9.17) is 23.3 Å². The fraction of sp³-hybridized carbons (Fsp3) is 0.516. The zero-order valence-corrected chi connectivity index (χ0v) is 25.9. The van der Waals surface area contributed by atoms with Crippen molar-refractivity contribution in [2.75, 3.05) is 19.8 Å². The molecule has 2 fully saturated rings. The van der Waals surface area contributed by atoms with E-state index in [9.17, 15) is 19.3 Å². The lowest BCUT2D eigenvalue weighted by Crippen LogP contribution is -2.43. The summed E-state index contributed by atoms with van der Waals surface area (Å²) in [5.74, 6) is 0.622. The number of nitrogens with one attached hydrogen (secondary N) is 1. The second-order valence-electron chi connectivity index (χ2n) is 12.0. The van der Waals surface area contributed by atoms with Gasteiger partial charge in [0.05, 0.1) is 32.2 Å². The maximum absolute atomic E-state index is 16.1. The summed E-state index contributed by atoms with van der Waals surface area (Å²) in [6.07, 6.45) is 1.27. The smallest absolute Gasteiger partial charge is 0.459 e. The maximum Gasteiger partial charge on any atom is 0.459 e. The van der Waals surface area contributed by atoms with Crippen molar-refractivity contribution in [3.05, 3.63) is 65.3 Å². The first-order chi connectivity index (χ1) is 21.5. The molecule has 1 saturated heterocycles. The van der Waals surface area contributed by atoms with E-state index in [-0.39, 0.29) is 18.1 Å². The molecule has 2 N–H and O–H groups in total. The van der Waals surface area contributed by atoms with E-state index >= 15 is 4.39 Å². The molecule has 4 bridgehead atoms. The Kier molecular flexibility index (Phi) is 9.00. The maximum atomic E-state index is 16.1. The molecule has 3 heterocycles. The molecular formula is C31H37FN3O9P. The molecule has 14 heteroatoms. The van der Waals surface area contributed by atoms with Crippen LogP contribution in [0.15, 0.2) is 59.7 Å². The topological polar surface area (TPSA) is 147 Å². The predicted octanol–water partition coefficient (Wildman–Crippen LogP) is 4.31. The Labute approximate surface area is 259 Å². The van der Waals surface area contributed by atoms with Crippen molar-refractivity contribution in [3.8, 4) is 11.5 Å². The molecule has 242 valence electrons. The van der Waals surface area contributed by atoms with Crippen molar-refractivity contribution >= 4 is 24.5 Å². The molecule has 2 aromatic carbocycles. The predicted molar refractivity (Wildman–Crippen MR) is 161 cm³/mol. The van der Waals surface area contributed by atoms with Gasteiger partial charge in [-0.2, -0.15) is 10.1 Å². The number of rotatable bonds is 2. The molecule has 3 aliphatic rings. The minimum atomic E-state index is -4.40. The molecule has 3 unspecified atom stereocenters. The minimum Gasteiger partial charge on any atom is -0.490 e. The Bertz CT molecular complexity index is 1650. The summed E-state index contributed by atoms with van der Waals surface area (Å²) in [7, 11) is -4.40. The van der Waals surface area contributed by atoms with E-state index in [1.54, 1.807) is 24.3 Å². The quantitative estimate of drug-likeness (QED) is 0.304. The van der Waals surface area contributed by atoms with Gasteiger partial charge in [-0.25, -0.2) is 13.8 Å². The van der Waals surface area contributed by atoms with Gasteiger partial charge in [-0.3, -0.25) is 13.9 Å². The highest BCUT2D eigenvalue weighted by Gasteiger charge is 2.56. The number of nitrogens with zero attached hydrogens (tertiary/aromatic N) is 2. The van der Waals surface area contributed by atoms with E-state index < -0.39 is 56.2 Å². The van der Waals surface area contributed by atoms with Crippen LogP contribution >= 0.6 is 7.75 Å². The van der Waals surface area contributed by atoms with Crippen molar-refractivity contribution in [3.63, 3.8) is 0 Å². The fourth-order valence-corrected chi connectivity index (χ4v) is 7.36. The zero-order valence-electron chi connectivity index (χ0n) is 25.0. The molecule has 3 aromatic rings. The molecule has 1 aromatic heterocycles. The SMILES string of the molecule is C[C@H]1NP(=O)(Oc2cccc3ccccc23)OC[C@H]2O[C@@H](n3cc(cnc3=O)OCC3CC3CCCCOC1=O)[C@](C)(F)[C@@H]2O. The number of hydrogen-bond donors (Lipinski definition) is 2. The van der Waals surface area contributed by atoms with Crippen LogP contribution in [0, 0.1) is 11.8 Å². The molecule has 0 amide bonds. The molecule has 6 rings (SSSR count). The summed E-state index contributed by atoms with van der Waals surface area (Å²) in [6, 6.07) is 11.3. The third-order valence-corrected chi connectivity index (χ3v) is 10.2. The summed E-state index contributed by atoms with van der Waals surface area (Å²) in [5, 5.41) is 15.0. The second kappa shape index (κ2) is 12.8. The summed E-state index contributed by atoms with van der Waals surface area (Å²) in [6.45, 7) is 2.55. The number of cyclic esters (lactones) is 1. The number of aliphatic hydroxyl groups excluding tert-OH is 1. The number of ether oxygens (including phenoxy) is 3. The number of carbonyl (C=O) groups is 1. The van der Waals surface area contributed by atoms with Crippen LogP contribution < -0.4 is 20.0 Å². The van der Waals surface area contributed by atoms with Crippen LogP contribution in [0.4, 0.5) is 4.39 Å². The highest BCUT2D eigenvalue weighted by atomic mass is 31.2. The van der Waals surface area contributed by atoms with Crippen LogP contribution in [0.5, 0.6) is 11.5 Å². The third kappa shape index (κ3) is 6.92. The van der Waals surface area contributed by atoms with Gasteiger partial charge in [0, 0.05) is 5.39 Å². The summed E-state index contributed by atoms with van der Waals surface area (Å²) in [5.41, 5.74) is -3.27. The van der Waals surface area contributed by atoms with Crippen molar-refractivity contribution in [1.82, 2.24) is 14.6 Å². The Morgan fingerprint density at radius 1 is 1.11 bits per heavy atom. The summed E-state index contributed by atoms with van der Waals surface area (Å²) in [4.78, 5) is 29.4. The lowest BCUT2D eigenvalue weighted by atomic mass is 9.98. The van der Waals surface area contributed by atoms with Gasteiger partial charge >= 0.3 is 19.4 Å². The normalized spacial score (nSPS) is 34.5. The molecule has 8 atom stereocenters.